The molecule has 1 aromatic carbocycles. The van der Waals surface area contributed by atoms with E-state index in [0.29, 0.717) is 6.23 Å². The fraction of sp³-hybridized carbons (Fsp3) is 0.222. The van der Waals surface area contributed by atoms with E-state index in [0.717, 1.165) is 5.56 Å². The highest BCUT2D eigenvalue weighted by Gasteiger charge is 2.49. The Morgan fingerprint density at radius 2 is 1.80 bits per heavy atom. The van der Waals surface area contributed by atoms with Crippen LogP contribution in [0.15, 0.2) is 30.3 Å². The van der Waals surface area contributed by atoms with Gasteiger partial charge in [-0.15, -0.1) is 37.9 Å². The van der Waals surface area contributed by atoms with Crippen LogP contribution < -0.4 is 0 Å². The quantitative estimate of drug-likeness (QED) is 0.465. The molecule has 81 valence electrons. The second-order valence-corrected chi connectivity index (χ2v) is 5.73. The van der Waals surface area contributed by atoms with Crippen LogP contribution in [0, 0.1) is 6.23 Å². The summed E-state index contributed by atoms with van der Waals surface area (Å²) in [6.45, 7) is 0. The third kappa shape index (κ3) is 2.16. The van der Waals surface area contributed by atoms with Gasteiger partial charge in [-0.3, -0.25) is 0 Å². The lowest BCUT2D eigenvalue weighted by Crippen LogP contribution is -2.33. The lowest BCUT2D eigenvalue weighted by atomic mass is 10.2. The van der Waals surface area contributed by atoms with Crippen LogP contribution >= 0.6 is 50.7 Å². The van der Waals surface area contributed by atoms with Crippen LogP contribution in [0.5, 0.6) is 0 Å². The van der Waals surface area contributed by atoms with Gasteiger partial charge >= 0.3 is 0 Å². The number of thiol groups is 4. The van der Waals surface area contributed by atoms with Gasteiger partial charge in [-0.1, -0.05) is 43.1 Å². The molecule has 0 bridgehead atoms. The molecule has 0 spiro atoms. The van der Waals surface area contributed by atoms with E-state index in [4.69, 9.17) is 4.74 Å². The Morgan fingerprint density at radius 1 is 1.20 bits per heavy atom. The minimum atomic E-state index is -0.822. The van der Waals surface area contributed by atoms with Crippen molar-refractivity contribution in [2.24, 2.45) is 0 Å². The van der Waals surface area contributed by atoms with Gasteiger partial charge in [-0.25, -0.2) is 0 Å². The van der Waals surface area contributed by atoms with Gasteiger partial charge in [-0.2, -0.15) is 4.31 Å². The molecule has 1 radical (unpaired) electrons. The summed E-state index contributed by atoms with van der Waals surface area (Å²) < 4.78 is 6.29. The Morgan fingerprint density at radius 3 is 2.27 bits per heavy atom. The van der Waals surface area contributed by atoms with Crippen LogP contribution in [-0.4, -0.2) is 13.9 Å². The predicted octanol–water partition coefficient (Wildman–Crippen LogP) is 2.47. The monoisotopic (exact) mass is 276 g/mol. The van der Waals surface area contributed by atoms with Gasteiger partial charge in [0.1, 0.15) is 5.44 Å². The van der Waals surface area contributed by atoms with E-state index in [2.05, 4.69) is 50.7 Å². The molecule has 2 rings (SSSR count). The van der Waals surface area contributed by atoms with Gasteiger partial charge in [0, 0.05) is 5.56 Å². The van der Waals surface area contributed by atoms with E-state index in [1.807, 2.05) is 30.3 Å². The molecule has 0 aromatic heterocycles. The molecule has 1 aliphatic rings. The standard InChI is InChI=1S/C9H10NOS4/c12-8-9(13,14)10(15)7(11-8)6-4-2-1-3-5-6/h1-5,8,12-15H. The highest BCUT2D eigenvalue weighted by molar-refractivity contribution is 8.02. The molecule has 1 atom stereocenters. The average Bonchev–Trinajstić information content (AvgIpc) is 2.44. The predicted molar refractivity (Wildman–Crippen MR) is 74.2 cm³/mol. The average molecular weight is 276 g/mol. The van der Waals surface area contributed by atoms with Gasteiger partial charge in [0.25, 0.3) is 0 Å². The Kier molecular flexibility index (Phi) is 3.54. The fourth-order valence-corrected chi connectivity index (χ4v) is 2.12. The number of rotatable bonds is 1. The van der Waals surface area contributed by atoms with Crippen LogP contribution in [0.25, 0.3) is 0 Å². The number of ether oxygens (including phenoxy) is 1. The molecule has 0 N–H and O–H groups in total. The van der Waals surface area contributed by atoms with Crippen molar-refractivity contribution in [3.8, 4) is 0 Å². The highest BCUT2D eigenvalue weighted by atomic mass is 32.2. The summed E-state index contributed by atoms with van der Waals surface area (Å²) in [7, 11) is 0. The van der Waals surface area contributed by atoms with Crippen LogP contribution in [0.3, 0.4) is 0 Å². The lowest BCUT2D eigenvalue weighted by molar-refractivity contribution is 0.178. The van der Waals surface area contributed by atoms with Crippen molar-refractivity contribution in [1.29, 1.82) is 0 Å². The van der Waals surface area contributed by atoms with Crippen molar-refractivity contribution in [2.45, 2.75) is 9.64 Å². The number of nitrogens with zero attached hydrogens (tertiary/aromatic N) is 1. The molecule has 1 fully saturated rings. The minimum absolute atomic E-state index is 0.433. The molecule has 1 aliphatic heterocycles. The first kappa shape index (κ1) is 12.0. The van der Waals surface area contributed by atoms with Gasteiger partial charge in [0.15, 0.2) is 4.20 Å². The summed E-state index contributed by atoms with van der Waals surface area (Å²) in [6, 6.07) is 9.66. The number of benzene rings is 1. The van der Waals surface area contributed by atoms with E-state index >= 15 is 0 Å². The molecule has 0 aliphatic carbocycles. The van der Waals surface area contributed by atoms with Crippen LogP contribution in [0.1, 0.15) is 5.56 Å². The number of hydrogen-bond donors (Lipinski definition) is 4. The van der Waals surface area contributed by atoms with Gasteiger partial charge in [-0.05, 0) is 0 Å². The number of hydrogen-bond acceptors (Lipinski definition) is 6. The van der Waals surface area contributed by atoms with Crippen molar-refractivity contribution < 1.29 is 4.74 Å². The van der Waals surface area contributed by atoms with E-state index in [9.17, 15) is 0 Å². The first-order valence-electron chi connectivity index (χ1n) is 4.24. The zero-order chi connectivity index (χ0) is 11.1. The summed E-state index contributed by atoms with van der Waals surface area (Å²) in [4.78, 5) is 0. The molecule has 1 unspecified atom stereocenters. The molecule has 1 saturated heterocycles. The summed E-state index contributed by atoms with van der Waals surface area (Å²) in [5, 5.41) is 0. The second kappa shape index (κ2) is 4.43. The molecule has 1 aromatic rings. The van der Waals surface area contributed by atoms with Crippen LogP contribution in [0.2, 0.25) is 0 Å². The third-order valence-electron chi connectivity index (χ3n) is 2.08. The maximum absolute atomic E-state index is 5.55. The first-order chi connectivity index (χ1) is 7.03. The molecule has 0 saturated carbocycles. The topological polar surface area (TPSA) is 12.5 Å². The zero-order valence-corrected chi connectivity index (χ0v) is 11.2. The van der Waals surface area contributed by atoms with E-state index in [-0.39, 0.29) is 0 Å². The van der Waals surface area contributed by atoms with Gasteiger partial charge in [0.2, 0.25) is 6.23 Å². The summed E-state index contributed by atoms with van der Waals surface area (Å²) >= 11 is 17.2. The van der Waals surface area contributed by atoms with Crippen molar-refractivity contribution in [3.63, 3.8) is 0 Å². The minimum Gasteiger partial charge on any atom is -0.333 e. The Balaban J connectivity index is 2.27. The summed E-state index contributed by atoms with van der Waals surface area (Å²) in [5.41, 5.74) is 0.494. The molecular weight excluding hydrogens is 266 g/mol. The van der Waals surface area contributed by atoms with E-state index in [1.165, 1.54) is 0 Å². The van der Waals surface area contributed by atoms with E-state index in [1.54, 1.807) is 4.31 Å². The van der Waals surface area contributed by atoms with Crippen molar-refractivity contribution in [3.05, 3.63) is 42.1 Å². The van der Waals surface area contributed by atoms with Crippen molar-refractivity contribution in [2.75, 3.05) is 0 Å². The maximum Gasteiger partial charge on any atom is 0.208 e. The second-order valence-electron chi connectivity index (χ2n) is 3.14. The zero-order valence-electron chi connectivity index (χ0n) is 7.61. The maximum atomic E-state index is 5.55. The van der Waals surface area contributed by atoms with Gasteiger partial charge in [0.05, 0.1) is 0 Å². The van der Waals surface area contributed by atoms with Crippen LogP contribution in [0.4, 0.5) is 0 Å². The third-order valence-corrected chi connectivity index (χ3v) is 4.65. The molecule has 2 nitrogen and oxygen atoms in total. The first-order valence-corrected chi connectivity index (χ1v) is 6.05. The molecule has 15 heavy (non-hydrogen) atoms. The molecule has 6 heteroatoms. The summed E-state index contributed by atoms with van der Waals surface area (Å²) in [6.07, 6.45) is 0.615. The molecule has 1 heterocycles. The highest BCUT2D eigenvalue weighted by Crippen LogP contribution is 2.47. The lowest BCUT2D eigenvalue weighted by Gasteiger charge is -2.26. The Bertz CT molecular complexity index is 345. The largest absolute Gasteiger partial charge is 0.333 e. The van der Waals surface area contributed by atoms with Gasteiger partial charge < -0.3 is 4.74 Å². The smallest absolute Gasteiger partial charge is 0.208 e. The normalized spacial score (nSPS) is 27.1. The van der Waals surface area contributed by atoms with Crippen molar-refractivity contribution in [1.82, 2.24) is 4.31 Å². The van der Waals surface area contributed by atoms with E-state index < -0.39 is 9.64 Å². The fourth-order valence-electron chi connectivity index (χ4n) is 1.26. The van der Waals surface area contributed by atoms with Crippen LogP contribution in [-0.2, 0) is 4.74 Å². The molecular formula is C9H10NOS4. The molecule has 0 amide bonds. The Labute approximate surface area is 111 Å². The summed E-state index contributed by atoms with van der Waals surface area (Å²) in [5.74, 6) is 0. The SMILES string of the molecule is SC1O[C](c2ccccc2)N(S)C1(S)S. The van der Waals surface area contributed by atoms with Crippen molar-refractivity contribution >= 4 is 50.7 Å². The Hall–Kier alpha value is 0.540.